The summed E-state index contributed by atoms with van der Waals surface area (Å²) >= 11 is 17.4. The van der Waals surface area contributed by atoms with Crippen LogP contribution in [0.2, 0.25) is 15.2 Å². The average Bonchev–Trinajstić information content (AvgIpc) is 2.43. The molecule has 110 valence electrons. The molecule has 7 heteroatoms. The number of aliphatic hydroxyl groups excluding tert-OH is 1. The number of nitrogens with zero attached hydrogens (tertiary/aromatic N) is 1. The number of aliphatic hydroxyl groups is 1. The third-order valence-electron chi connectivity index (χ3n) is 2.71. The van der Waals surface area contributed by atoms with Gasteiger partial charge < -0.3 is 10.4 Å². The Balaban J connectivity index is 2.00. The molecule has 0 bridgehead atoms. The van der Waals surface area contributed by atoms with Crippen molar-refractivity contribution in [2.45, 2.75) is 6.10 Å². The number of nitrogens with one attached hydrogen (secondary N) is 1. The Morgan fingerprint density at radius 1 is 1.19 bits per heavy atom. The van der Waals surface area contributed by atoms with Gasteiger partial charge >= 0.3 is 0 Å². The summed E-state index contributed by atoms with van der Waals surface area (Å²) in [4.78, 5) is 15.7. The van der Waals surface area contributed by atoms with Gasteiger partial charge in [0.25, 0.3) is 5.91 Å². The molecule has 0 saturated carbocycles. The zero-order valence-electron chi connectivity index (χ0n) is 10.7. The van der Waals surface area contributed by atoms with Crippen LogP contribution in [-0.2, 0) is 0 Å². The van der Waals surface area contributed by atoms with Crippen molar-refractivity contribution in [3.05, 3.63) is 62.9 Å². The lowest BCUT2D eigenvalue weighted by molar-refractivity contribution is 0.0916. The van der Waals surface area contributed by atoms with Crippen LogP contribution in [0.25, 0.3) is 0 Å². The first-order chi connectivity index (χ1) is 9.95. The predicted octanol–water partition coefficient (Wildman–Crippen LogP) is 3.51. The molecule has 4 nitrogen and oxygen atoms in total. The molecule has 2 rings (SSSR count). The first-order valence-electron chi connectivity index (χ1n) is 5.99. The van der Waals surface area contributed by atoms with E-state index in [1.165, 1.54) is 18.3 Å². The number of carbonyl (C=O) groups is 1. The van der Waals surface area contributed by atoms with Crippen molar-refractivity contribution >= 4 is 40.7 Å². The van der Waals surface area contributed by atoms with Crippen LogP contribution in [0, 0.1) is 0 Å². The molecule has 0 saturated heterocycles. The second kappa shape index (κ2) is 7.09. The average molecular weight is 346 g/mol. The van der Waals surface area contributed by atoms with E-state index in [0.717, 1.165) is 0 Å². The molecular formula is C14H11Cl3N2O2. The van der Waals surface area contributed by atoms with Gasteiger partial charge in [-0.1, -0.05) is 34.8 Å². The van der Waals surface area contributed by atoms with Crippen LogP contribution in [0.3, 0.4) is 0 Å². The first-order valence-corrected chi connectivity index (χ1v) is 7.13. The van der Waals surface area contributed by atoms with E-state index in [0.29, 0.717) is 21.2 Å². The highest BCUT2D eigenvalue weighted by Crippen LogP contribution is 2.23. The SMILES string of the molecule is O=C(NCC(O)c1cc(Cl)cc(Cl)c1)c1ccnc(Cl)c1. The Kier molecular flexibility index (Phi) is 5.42. The second-order valence-electron chi connectivity index (χ2n) is 4.30. The highest BCUT2D eigenvalue weighted by Gasteiger charge is 2.12. The Bertz CT molecular complexity index is 644. The number of pyridine rings is 1. The topological polar surface area (TPSA) is 62.2 Å². The number of hydrogen-bond acceptors (Lipinski definition) is 3. The summed E-state index contributed by atoms with van der Waals surface area (Å²) in [6.45, 7) is 0.0233. The molecule has 1 unspecified atom stereocenters. The third-order valence-corrected chi connectivity index (χ3v) is 3.36. The molecule has 1 heterocycles. The van der Waals surface area contributed by atoms with Crippen molar-refractivity contribution in [3.63, 3.8) is 0 Å². The minimum atomic E-state index is -0.914. The number of carbonyl (C=O) groups excluding carboxylic acids is 1. The fourth-order valence-electron chi connectivity index (χ4n) is 1.72. The quantitative estimate of drug-likeness (QED) is 0.834. The molecular weight excluding hydrogens is 335 g/mol. The highest BCUT2D eigenvalue weighted by atomic mass is 35.5. The molecule has 2 aromatic rings. The summed E-state index contributed by atoms with van der Waals surface area (Å²) in [6.07, 6.45) is 0.521. The Morgan fingerprint density at radius 3 is 2.48 bits per heavy atom. The lowest BCUT2D eigenvalue weighted by atomic mass is 10.1. The van der Waals surface area contributed by atoms with Gasteiger partial charge in [0.05, 0.1) is 6.10 Å². The zero-order valence-corrected chi connectivity index (χ0v) is 13.0. The predicted molar refractivity (Wildman–Crippen MR) is 83.0 cm³/mol. The van der Waals surface area contributed by atoms with Gasteiger partial charge in [0.2, 0.25) is 0 Å². The van der Waals surface area contributed by atoms with Crippen LogP contribution in [0.5, 0.6) is 0 Å². The normalized spacial score (nSPS) is 12.0. The molecule has 0 aliphatic carbocycles. The molecule has 0 fully saturated rings. The van der Waals surface area contributed by atoms with Gasteiger partial charge in [-0.25, -0.2) is 4.98 Å². The zero-order chi connectivity index (χ0) is 15.4. The summed E-state index contributed by atoms with van der Waals surface area (Å²) in [5.41, 5.74) is 0.895. The van der Waals surface area contributed by atoms with E-state index in [-0.39, 0.29) is 17.6 Å². The molecule has 0 aliphatic rings. The van der Waals surface area contributed by atoms with Gasteiger partial charge in [0, 0.05) is 28.4 Å². The summed E-state index contributed by atoms with van der Waals surface area (Å²) < 4.78 is 0. The van der Waals surface area contributed by atoms with E-state index in [9.17, 15) is 9.90 Å². The number of benzene rings is 1. The maximum atomic E-state index is 11.9. The maximum absolute atomic E-state index is 11.9. The smallest absolute Gasteiger partial charge is 0.251 e. The van der Waals surface area contributed by atoms with Crippen LogP contribution in [0.4, 0.5) is 0 Å². The van der Waals surface area contributed by atoms with Gasteiger partial charge in [-0.15, -0.1) is 0 Å². The second-order valence-corrected chi connectivity index (χ2v) is 5.56. The standard InChI is InChI=1S/C14H11Cl3N2O2/c15-10-3-9(4-11(16)6-10)12(20)7-19-14(21)8-1-2-18-13(17)5-8/h1-6,12,20H,7H2,(H,19,21). The summed E-state index contributed by atoms with van der Waals surface area (Å²) in [6, 6.07) is 7.72. The molecule has 1 amide bonds. The molecule has 1 aromatic carbocycles. The monoisotopic (exact) mass is 344 g/mol. The molecule has 1 aromatic heterocycles. The number of hydrogen-bond donors (Lipinski definition) is 2. The van der Waals surface area contributed by atoms with E-state index in [4.69, 9.17) is 34.8 Å². The number of amides is 1. The lowest BCUT2D eigenvalue weighted by Crippen LogP contribution is -2.28. The van der Waals surface area contributed by atoms with Crippen molar-refractivity contribution in [2.24, 2.45) is 0 Å². The molecule has 0 radical (unpaired) electrons. The van der Waals surface area contributed by atoms with Gasteiger partial charge in [0.15, 0.2) is 0 Å². The molecule has 0 aliphatic heterocycles. The highest BCUT2D eigenvalue weighted by molar-refractivity contribution is 6.34. The van der Waals surface area contributed by atoms with E-state index in [1.807, 2.05) is 0 Å². The van der Waals surface area contributed by atoms with E-state index >= 15 is 0 Å². The van der Waals surface area contributed by atoms with E-state index in [1.54, 1.807) is 18.2 Å². The van der Waals surface area contributed by atoms with Crippen molar-refractivity contribution in [1.82, 2.24) is 10.3 Å². The Hall–Kier alpha value is -1.33. The number of halogens is 3. The van der Waals surface area contributed by atoms with Gasteiger partial charge in [0.1, 0.15) is 5.15 Å². The van der Waals surface area contributed by atoms with Gasteiger partial charge in [-0.3, -0.25) is 4.79 Å². The van der Waals surface area contributed by atoms with Gasteiger partial charge in [-0.2, -0.15) is 0 Å². The molecule has 21 heavy (non-hydrogen) atoms. The fraction of sp³-hybridized carbons (Fsp3) is 0.143. The third kappa shape index (κ3) is 4.58. The summed E-state index contributed by atoms with van der Waals surface area (Å²) in [7, 11) is 0. The van der Waals surface area contributed by atoms with E-state index in [2.05, 4.69) is 10.3 Å². The minimum absolute atomic E-state index is 0.0233. The van der Waals surface area contributed by atoms with Crippen molar-refractivity contribution in [1.29, 1.82) is 0 Å². The minimum Gasteiger partial charge on any atom is -0.387 e. The van der Waals surface area contributed by atoms with Crippen LogP contribution in [0.15, 0.2) is 36.5 Å². The lowest BCUT2D eigenvalue weighted by Gasteiger charge is -2.13. The molecule has 2 N–H and O–H groups in total. The Morgan fingerprint density at radius 2 is 1.86 bits per heavy atom. The number of aromatic nitrogens is 1. The Labute approximate surface area is 136 Å². The maximum Gasteiger partial charge on any atom is 0.251 e. The van der Waals surface area contributed by atoms with Crippen LogP contribution >= 0.6 is 34.8 Å². The van der Waals surface area contributed by atoms with Crippen molar-refractivity contribution in [3.8, 4) is 0 Å². The fourth-order valence-corrected chi connectivity index (χ4v) is 2.44. The largest absolute Gasteiger partial charge is 0.387 e. The number of rotatable bonds is 4. The first kappa shape index (κ1) is 16.0. The van der Waals surface area contributed by atoms with Crippen molar-refractivity contribution in [2.75, 3.05) is 6.54 Å². The van der Waals surface area contributed by atoms with Crippen LogP contribution in [0.1, 0.15) is 22.0 Å². The van der Waals surface area contributed by atoms with Gasteiger partial charge in [-0.05, 0) is 35.9 Å². The summed E-state index contributed by atoms with van der Waals surface area (Å²) in [5, 5.41) is 13.7. The van der Waals surface area contributed by atoms with Crippen LogP contribution < -0.4 is 5.32 Å². The van der Waals surface area contributed by atoms with Crippen LogP contribution in [-0.4, -0.2) is 22.5 Å². The molecule has 1 atom stereocenters. The van der Waals surface area contributed by atoms with Crippen molar-refractivity contribution < 1.29 is 9.90 Å². The van der Waals surface area contributed by atoms with E-state index < -0.39 is 6.10 Å². The summed E-state index contributed by atoms with van der Waals surface area (Å²) in [5.74, 6) is -0.355. The molecule has 0 spiro atoms.